The number of nitrogens with one attached hydrogen (secondary N) is 2. The first-order valence-corrected chi connectivity index (χ1v) is 11.2. The molecule has 1 saturated heterocycles. The van der Waals surface area contributed by atoms with Gasteiger partial charge in [0.25, 0.3) is 0 Å². The number of hydrogen-bond donors (Lipinski definition) is 6. The van der Waals surface area contributed by atoms with Crippen LogP contribution in [0.25, 0.3) is 0 Å². The van der Waals surface area contributed by atoms with E-state index in [1.165, 1.54) is 16.7 Å². The maximum Gasteiger partial charge on any atom is 0.326 e. The van der Waals surface area contributed by atoms with Gasteiger partial charge in [-0.2, -0.15) is 11.8 Å². The third-order valence-corrected chi connectivity index (χ3v) is 5.51. The van der Waals surface area contributed by atoms with Gasteiger partial charge in [0.05, 0.1) is 12.6 Å². The van der Waals surface area contributed by atoms with E-state index in [-0.39, 0.29) is 25.8 Å². The van der Waals surface area contributed by atoms with Gasteiger partial charge >= 0.3 is 11.9 Å². The lowest BCUT2D eigenvalue weighted by Crippen LogP contribution is -2.57. The highest BCUT2D eigenvalue weighted by molar-refractivity contribution is 7.98. The van der Waals surface area contributed by atoms with E-state index >= 15 is 0 Å². The summed E-state index contributed by atoms with van der Waals surface area (Å²) in [5.41, 5.74) is 5.76. The number of aliphatic hydroxyl groups excluding tert-OH is 1. The molecular formula is C18H30N4O8S. The molecule has 0 aromatic rings. The standard InChI is InChI=1S/C18H30N4O8S/c1-31-8-6-11(18(29)30)20-15(26)12(9-23)21-16(27)13-3-2-7-22(13)17(28)10(19)4-5-14(24)25/h10-13,23H,2-9,19H2,1H3,(H,20,26)(H,21,27)(H,24,25)(H,29,30). The van der Waals surface area contributed by atoms with Crippen molar-refractivity contribution in [1.82, 2.24) is 15.5 Å². The molecule has 7 N–H and O–H groups in total. The van der Waals surface area contributed by atoms with Gasteiger partial charge in [-0.1, -0.05) is 0 Å². The highest BCUT2D eigenvalue weighted by Gasteiger charge is 2.37. The summed E-state index contributed by atoms with van der Waals surface area (Å²) in [5, 5.41) is 32.1. The Balaban J connectivity index is 2.74. The Morgan fingerprint density at radius 3 is 2.35 bits per heavy atom. The first-order chi connectivity index (χ1) is 14.6. The van der Waals surface area contributed by atoms with Crippen molar-refractivity contribution in [2.24, 2.45) is 5.73 Å². The third-order valence-electron chi connectivity index (χ3n) is 4.87. The fourth-order valence-corrected chi connectivity index (χ4v) is 3.62. The van der Waals surface area contributed by atoms with E-state index in [4.69, 9.17) is 10.8 Å². The summed E-state index contributed by atoms with van der Waals surface area (Å²) in [6, 6.07) is -4.55. The second-order valence-corrected chi connectivity index (χ2v) is 8.14. The van der Waals surface area contributed by atoms with Crippen molar-refractivity contribution in [3.8, 4) is 0 Å². The molecule has 31 heavy (non-hydrogen) atoms. The maximum absolute atomic E-state index is 12.7. The molecule has 1 heterocycles. The summed E-state index contributed by atoms with van der Waals surface area (Å²) >= 11 is 1.41. The number of aliphatic carboxylic acids is 2. The molecule has 4 atom stereocenters. The topological polar surface area (TPSA) is 199 Å². The Kier molecular flexibility index (Phi) is 11.3. The van der Waals surface area contributed by atoms with Crippen LogP contribution in [0.3, 0.4) is 0 Å². The van der Waals surface area contributed by atoms with Crippen molar-refractivity contribution in [2.45, 2.75) is 56.3 Å². The number of likely N-dealkylation sites (tertiary alicyclic amines) is 1. The average molecular weight is 463 g/mol. The van der Waals surface area contributed by atoms with E-state index in [1.807, 2.05) is 0 Å². The SMILES string of the molecule is CSCCC(NC(=O)C(CO)NC(=O)C1CCCN1C(=O)C(N)CCC(=O)O)C(=O)O. The smallest absolute Gasteiger partial charge is 0.326 e. The molecule has 13 heteroatoms. The average Bonchev–Trinajstić information content (AvgIpc) is 3.21. The second kappa shape index (κ2) is 13.1. The molecule has 12 nitrogen and oxygen atoms in total. The summed E-state index contributed by atoms with van der Waals surface area (Å²) in [6.07, 6.45) is 2.43. The van der Waals surface area contributed by atoms with Gasteiger partial charge in [-0.05, 0) is 37.7 Å². The minimum atomic E-state index is -1.39. The Labute approximate surface area is 183 Å². The minimum Gasteiger partial charge on any atom is -0.481 e. The molecule has 1 rings (SSSR count). The van der Waals surface area contributed by atoms with Crippen LogP contribution in [0.2, 0.25) is 0 Å². The van der Waals surface area contributed by atoms with Crippen LogP contribution in [0.5, 0.6) is 0 Å². The van der Waals surface area contributed by atoms with Gasteiger partial charge in [-0.15, -0.1) is 0 Å². The lowest BCUT2D eigenvalue weighted by Gasteiger charge is -2.28. The van der Waals surface area contributed by atoms with E-state index in [0.717, 1.165) is 0 Å². The number of rotatable bonds is 13. The second-order valence-electron chi connectivity index (χ2n) is 7.15. The van der Waals surface area contributed by atoms with Gasteiger partial charge in [0.1, 0.15) is 18.1 Å². The number of carbonyl (C=O) groups excluding carboxylic acids is 3. The summed E-state index contributed by atoms with van der Waals surface area (Å²) in [6.45, 7) is -0.505. The predicted octanol–water partition coefficient (Wildman–Crippen LogP) is -2.03. The zero-order valence-electron chi connectivity index (χ0n) is 17.3. The zero-order valence-corrected chi connectivity index (χ0v) is 18.1. The van der Waals surface area contributed by atoms with E-state index < -0.39 is 60.4 Å². The highest BCUT2D eigenvalue weighted by atomic mass is 32.2. The van der Waals surface area contributed by atoms with Crippen molar-refractivity contribution in [1.29, 1.82) is 0 Å². The molecular weight excluding hydrogens is 432 g/mol. The van der Waals surface area contributed by atoms with Crippen molar-refractivity contribution in [2.75, 3.05) is 25.2 Å². The van der Waals surface area contributed by atoms with Crippen LogP contribution < -0.4 is 16.4 Å². The Morgan fingerprint density at radius 2 is 1.81 bits per heavy atom. The van der Waals surface area contributed by atoms with E-state index in [1.54, 1.807) is 6.26 Å². The fraction of sp³-hybridized carbons (Fsp3) is 0.722. The Hall–Kier alpha value is -2.38. The highest BCUT2D eigenvalue weighted by Crippen LogP contribution is 2.19. The molecule has 0 aromatic heterocycles. The number of carboxylic acids is 2. The molecule has 0 aromatic carbocycles. The van der Waals surface area contributed by atoms with Gasteiger partial charge in [0.15, 0.2) is 0 Å². The van der Waals surface area contributed by atoms with Crippen molar-refractivity contribution in [3.05, 3.63) is 0 Å². The number of thioether (sulfide) groups is 1. The molecule has 0 bridgehead atoms. The third kappa shape index (κ3) is 8.34. The van der Waals surface area contributed by atoms with Gasteiger partial charge < -0.3 is 36.6 Å². The predicted molar refractivity (Wildman–Crippen MR) is 111 cm³/mol. The molecule has 176 valence electrons. The number of hydrogen-bond acceptors (Lipinski definition) is 8. The molecule has 0 radical (unpaired) electrons. The van der Waals surface area contributed by atoms with Crippen LogP contribution in [-0.2, 0) is 24.0 Å². The summed E-state index contributed by atoms with van der Waals surface area (Å²) in [7, 11) is 0. The molecule has 1 fully saturated rings. The molecule has 4 unspecified atom stereocenters. The van der Waals surface area contributed by atoms with Gasteiger partial charge in [0.2, 0.25) is 17.7 Å². The number of carboxylic acid groups (broad SMARTS) is 2. The number of nitrogens with two attached hydrogens (primary N) is 1. The minimum absolute atomic E-state index is 0.0761. The number of carbonyl (C=O) groups is 5. The largest absolute Gasteiger partial charge is 0.481 e. The van der Waals surface area contributed by atoms with Crippen LogP contribution >= 0.6 is 11.8 Å². The van der Waals surface area contributed by atoms with E-state index in [9.17, 15) is 34.2 Å². The molecule has 0 saturated carbocycles. The fourth-order valence-electron chi connectivity index (χ4n) is 3.15. The van der Waals surface area contributed by atoms with Crippen molar-refractivity contribution < 1.29 is 39.3 Å². The Bertz CT molecular complexity index is 677. The van der Waals surface area contributed by atoms with E-state index in [2.05, 4.69) is 10.6 Å². The number of nitrogens with zero attached hydrogens (tertiary/aromatic N) is 1. The van der Waals surface area contributed by atoms with Crippen LogP contribution in [0.1, 0.15) is 32.1 Å². The quantitative estimate of drug-likeness (QED) is 0.177. The van der Waals surface area contributed by atoms with Gasteiger partial charge in [-0.25, -0.2) is 4.79 Å². The molecule has 1 aliphatic rings. The number of amides is 3. The Morgan fingerprint density at radius 1 is 1.13 bits per heavy atom. The molecule has 0 spiro atoms. The monoisotopic (exact) mass is 462 g/mol. The lowest BCUT2D eigenvalue weighted by molar-refractivity contribution is -0.143. The van der Waals surface area contributed by atoms with Crippen LogP contribution in [0, 0.1) is 0 Å². The van der Waals surface area contributed by atoms with Crippen LogP contribution in [0.4, 0.5) is 0 Å². The van der Waals surface area contributed by atoms with Crippen LogP contribution in [-0.4, -0.2) is 99.2 Å². The van der Waals surface area contributed by atoms with Crippen molar-refractivity contribution in [3.63, 3.8) is 0 Å². The lowest BCUT2D eigenvalue weighted by atomic mass is 10.1. The molecule has 0 aliphatic carbocycles. The first kappa shape index (κ1) is 26.7. The van der Waals surface area contributed by atoms with Crippen LogP contribution in [0.15, 0.2) is 0 Å². The molecule has 1 aliphatic heterocycles. The van der Waals surface area contributed by atoms with Crippen molar-refractivity contribution >= 4 is 41.4 Å². The van der Waals surface area contributed by atoms with Gasteiger partial charge in [0, 0.05) is 13.0 Å². The number of aliphatic hydroxyl groups is 1. The molecule has 3 amide bonds. The normalized spacial score (nSPS) is 18.7. The summed E-state index contributed by atoms with van der Waals surface area (Å²) in [5.74, 6) is -3.91. The maximum atomic E-state index is 12.7. The first-order valence-electron chi connectivity index (χ1n) is 9.83. The van der Waals surface area contributed by atoms with E-state index in [0.29, 0.717) is 18.6 Å². The summed E-state index contributed by atoms with van der Waals surface area (Å²) < 4.78 is 0. The summed E-state index contributed by atoms with van der Waals surface area (Å²) in [4.78, 5) is 60.7. The zero-order chi connectivity index (χ0) is 23.6. The van der Waals surface area contributed by atoms with Gasteiger partial charge in [-0.3, -0.25) is 19.2 Å².